The number of hydrogen-bond acceptors (Lipinski definition) is 4. The summed E-state index contributed by atoms with van der Waals surface area (Å²) in [7, 11) is 0. The maximum Gasteiger partial charge on any atom is 0.270 e. The lowest BCUT2D eigenvalue weighted by molar-refractivity contribution is -0.384. The van der Waals surface area contributed by atoms with Gasteiger partial charge in [0.15, 0.2) is 0 Å². The molecule has 0 aliphatic carbocycles. The summed E-state index contributed by atoms with van der Waals surface area (Å²) in [6.07, 6.45) is 2.37. The lowest BCUT2D eigenvalue weighted by atomic mass is 10.1. The molecule has 0 spiro atoms. The van der Waals surface area contributed by atoms with E-state index in [-0.39, 0.29) is 5.69 Å². The monoisotopic (exact) mass is 246 g/mol. The second-order valence-corrected chi connectivity index (χ2v) is 4.03. The highest BCUT2D eigenvalue weighted by molar-refractivity contribution is 6.28. The molecule has 1 heterocycles. The van der Waals surface area contributed by atoms with Crippen molar-refractivity contribution in [3.8, 4) is 0 Å². The molecule has 92 valence electrons. The van der Waals surface area contributed by atoms with Crippen LogP contribution in [0.4, 0.5) is 11.4 Å². The summed E-state index contributed by atoms with van der Waals surface area (Å²) >= 11 is 0. The molecule has 0 saturated heterocycles. The summed E-state index contributed by atoms with van der Waals surface area (Å²) in [5, 5.41) is 10.7. The molecule has 6 heteroatoms. The molecule has 1 aliphatic heterocycles. The van der Waals surface area contributed by atoms with Crippen molar-refractivity contribution < 1.29 is 14.5 Å². The van der Waals surface area contributed by atoms with Crippen molar-refractivity contribution in [2.24, 2.45) is 0 Å². The first kappa shape index (κ1) is 12.0. The standard InChI is InChI=1S/C12H10N2O4/c1-7-5-9(14(17)18)6-8(2)12(7)13-10(15)3-4-11(13)16/h3-6H,1-2H3. The lowest BCUT2D eigenvalue weighted by Gasteiger charge is -2.18. The lowest BCUT2D eigenvalue weighted by Crippen LogP contribution is -2.31. The molecule has 0 bridgehead atoms. The fourth-order valence-corrected chi connectivity index (χ4v) is 2.01. The normalized spacial score (nSPS) is 14.4. The van der Waals surface area contributed by atoms with Gasteiger partial charge in [-0.3, -0.25) is 19.7 Å². The van der Waals surface area contributed by atoms with Crippen LogP contribution in [0, 0.1) is 24.0 Å². The van der Waals surface area contributed by atoms with Crippen molar-refractivity contribution in [2.45, 2.75) is 13.8 Å². The van der Waals surface area contributed by atoms with E-state index in [4.69, 9.17) is 0 Å². The summed E-state index contributed by atoms with van der Waals surface area (Å²) in [6, 6.07) is 2.70. The third-order valence-electron chi connectivity index (χ3n) is 2.72. The Morgan fingerprint density at radius 3 is 1.89 bits per heavy atom. The van der Waals surface area contributed by atoms with Gasteiger partial charge in [-0.1, -0.05) is 0 Å². The van der Waals surface area contributed by atoms with Gasteiger partial charge in [0.25, 0.3) is 17.5 Å². The van der Waals surface area contributed by atoms with Crippen LogP contribution in [0.2, 0.25) is 0 Å². The highest BCUT2D eigenvalue weighted by Gasteiger charge is 2.28. The van der Waals surface area contributed by atoms with E-state index in [1.54, 1.807) is 13.8 Å². The Morgan fingerprint density at radius 2 is 1.50 bits per heavy atom. The van der Waals surface area contributed by atoms with Crippen LogP contribution in [0.1, 0.15) is 11.1 Å². The predicted molar refractivity (Wildman–Crippen MR) is 64.2 cm³/mol. The highest BCUT2D eigenvalue weighted by Crippen LogP contribution is 2.31. The molecule has 6 nitrogen and oxygen atoms in total. The number of hydrogen-bond donors (Lipinski definition) is 0. The zero-order valence-corrected chi connectivity index (χ0v) is 9.84. The van der Waals surface area contributed by atoms with Crippen LogP contribution in [0.15, 0.2) is 24.3 Å². The largest absolute Gasteiger partial charge is 0.270 e. The fourth-order valence-electron chi connectivity index (χ4n) is 2.01. The molecule has 2 rings (SSSR count). The average molecular weight is 246 g/mol. The Morgan fingerprint density at radius 1 is 1.06 bits per heavy atom. The number of amides is 2. The number of nitro groups is 1. The number of carbonyl (C=O) groups excluding carboxylic acids is 2. The number of carbonyl (C=O) groups is 2. The van der Waals surface area contributed by atoms with Crippen LogP contribution in [0.5, 0.6) is 0 Å². The van der Waals surface area contributed by atoms with E-state index in [2.05, 4.69) is 0 Å². The van der Waals surface area contributed by atoms with Crippen LogP contribution in [0.3, 0.4) is 0 Å². The SMILES string of the molecule is Cc1cc([N+](=O)[O-])cc(C)c1N1C(=O)C=CC1=O. The summed E-state index contributed by atoms with van der Waals surface area (Å²) in [6.45, 7) is 3.27. The first-order valence-corrected chi connectivity index (χ1v) is 5.23. The van der Waals surface area contributed by atoms with E-state index in [1.807, 2.05) is 0 Å². The van der Waals surface area contributed by atoms with Crippen LogP contribution in [-0.4, -0.2) is 16.7 Å². The minimum absolute atomic E-state index is 0.0548. The van der Waals surface area contributed by atoms with Crippen molar-refractivity contribution in [2.75, 3.05) is 4.90 Å². The second kappa shape index (κ2) is 4.06. The molecule has 0 atom stereocenters. The van der Waals surface area contributed by atoms with Gasteiger partial charge in [-0.2, -0.15) is 0 Å². The zero-order valence-electron chi connectivity index (χ0n) is 9.84. The molecule has 0 aromatic heterocycles. The maximum absolute atomic E-state index is 11.6. The summed E-state index contributed by atoms with van der Waals surface area (Å²) in [5.41, 5.74) is 1.40. The molecular formula is C12H10N2O4. The zero-order chi connectivity index (χ0) is 13.4. The van der Waals surface area contributed by atoms with E-state index >= 15 is 0 Å². The van der Waals surface area contributed by atoms with Crippen molar-refractivity contribution in [1.82, 2.24) is 0 Å². The number of imide groups is 1. The van der Waals surface area contributed by atoms with E-state index in [0.717, 1.165) is 4.90 Å². The van der Waals surface area contributed by atoms with Gasteiger partial charge < -0.3 is 0 Å². The number of non-ortho nitro benzene ring substituents is 1. The van der Waals surface area contributed by atoms with Crippen molar-refractivity contribution >= 4 is 23.2 Å². The summed E-state index contributed by atoms with van der Waals surface area (Å²) < 4.78 is 0. The summed E-state index contributed by atoms with van der Waals surface area (Å²) in [5.74, 6) is -0.861. The third kappa shape index (κ3) is 1.77. The van der Waals surface area contributed by atoms with Crippen LogP contribution < -0.4 is 4.90 Å². The molecule has 0 N–H and O–H groups in total. The average Bonchev–Trinajstić information content (AvgIpc) is 2.59. The molecular weight excluding hydrogens is 236 g/mol. The number of rotatable bonds is 2. The second-order valence-electron chi connectivity index (χ2n) is 4.03. The van der Waals surface area contributed by atoms with Gasteiger partial charge in [0.05, 0.1) is 10.6 Å². The van der Waals surface area contributed by atoms with Gasteiger partial charge in [0.1, 0.15) is 0 Å². The quantitative estimate of drug-likeness (QED) is 0.451. The molecule has 1 aliphatic rings. The highest BCUT2D eigenvalue weighted by atomic mass is 16.6. The number of benzene rings is 1. The number of nitrogens with zero attached hydrogens (tertiary/aromatic N) is 2. The van der Waals surface area contributed by atoms with Gasteiger partial charge in [0, 0.05) is 24.3 Å². The molecule has 18 heavy (non-hydrogen) atoms. The Hall–Kier alpha value is -2.50. The molecule has 0 saturated carbocycles. The van der Waals surface area contributed by atoms with E-state index < -0.39 is 16.7 Å². The van der Waals surface area contributed by atoms with E-state index in [1.165, 1.54) is 24.3 Å². The number of anilines is 1. The van der Waals surface area contributed by atoms with Gasteiger partial charge in [-0.05, 0) is 25.0 Å². The fraction of sp³-hybridized carbons (Fsp3) is 0.167. The van der Waals surface area contributed by atoms with Gasteiger partial charge in [-0.15, -0.1) is 0 Å². The van der Waals surface area contributed by atoms with Crippen molar-refractivity contribution in [1.29, 1.82) is 0 Å². The van der Waals surface area contributed by atoms with Crippen molar-refractivity contribution in [3.63, 3.8) is 0 Å². The minimum Gasteiger partial charge on any atom is -0.269 e. The van der Waals surface area contributed by atoms with Crippen LogP contribution in [0.25, 0.3) is 0 Å². The molecule has 1 aromatic carbocycles. The molecule has 1 aromatic rings. The number of aryl methyl sites for hydroxylation is 2. The minimum atomic E-state index is -0.504. The van der Waals surface area contributed by atoms with Gasteiger partial charge >= 0.3 is 0 Å². The smallest absolute Gasteiger partial charge is 0.269 e. The van der Waals surface area contributed by atoms with Gasteiger partial charge in [-0.25, -0.2) is 4.90 Å². The molecule has 2 amide bonds. The van der Waals surface area contributed by atoms with E-state index in [9.17, 15) is 19.7 Å². The Kier molecular flexibility index (Phi) is 2.70. The van der Waals surface area contributed by atoms with Gasteiger partial charge in [0.2, 0.25) is 0 Å². The first-order valence-electron chi connectivity index (χ1n) is 5.23. The topological polar surface area (TPSA) is 80.5 Å². The van der Waals surface area contributed by atoms with Crippen LogP contribution >= 0.6 is 0 Å². The predicted octanol–water partition coefficient (Wildman–Crippen LogP) is 1.64. The van der Waals surface area contributed by atoms with Crippen LogP contribution in [-0.2, 0) is 9.59 Å². The third-order valence-corrected chi connectivity index (χ3v) is 2.72. The molecule has 0 radical (unpaired) electrons. The Labute approximate surface area is 103 Å². The Bertz CT molecular complexity index is 563. The molecule has 0 unspecified atom stereocenters. The summed E-state index contributed by atoms with van der Waals surface area (Å²) in [4.78, 5) is 34.4. The van der Waals surface area contributed by atoms with E-state index in [0.29, 0.717) is 16.8 Å². The first-order chi connectivity index (χ1) is 8.41. The maximum atomic E-state index is 11.6. The Balaban J connectivity index is 2.56. The van der Waals surface area contributed by atoms with Crippen molar-refractivity contribution in [3.05, 3.63) is 45.5 Å². The number of nitro benzene ring substituents is 1. The molecule has 0 fully saturated rings.